The Morgan fingerprint density at radius 2 is 1.88 bits per heavy atom. The molecule has 4 rings (SSSR count). The summed E-state index contributed by atoms with van der Waals surface area (Å²) >= 11 is 0. The van der Waals surface area contributed by atoms with Gasteiger partial charge in [-0.05, 0) is 72.7 Å². The minimum atomic E-state index is 0.339. The van der Waals surface area contributed by atoms with Gasteiger partial charge >= 0.3 is 0 Å². The van der Waals surface area contributed by atoms with Gasteiger partial charge in [-0.3, -0.25) is 5.01 Å². The molecule has 26 heavy (non-hydrogen) atoms. The van der Waals surface area contributed by atoms with Crippen molar-refractivity contribution in [2.24, 2.45) is 5.92 Å². The number of hydrogen-bond donors (Lipinski definition) is 1. The van der Waals surface area contributed by atoms with E-state index in [1.54, 1.807) is 18.7 Å². The lowest BCUT2D eigenvalue weighted by Crippen LogP contribution is -2.35. The molecule has 0 saturated carbocycles. The number of nitriles is 1. The molecular weight excluding hydrogens is 326 g/mol. The number of nitrogens with zero attached hydrogens (tertiary/aromatic N) is 5. The number of rotatable bonds is 4. The Kier molecular flexibility index (Phi) is 4.28. The maximum atomic E-state index is 9.67. The van der Waals surface area contributed by atoms with E-state index in [9.17, 15) is 5.11 Å². The zero-order valence-corrected chi connectivity index (χ0v) is 14.3. The van der Waals surface area contributed by atoms with Gasteiger partial charge in [0, 0.05) is 6.54 Å². The zero-order valence-electron chi connectivity index (χ0n) is 14.3. The van der Waals surface area contributed by atoms with Crippen LogP contribution in [0.2, 0.25) is 0 Å². The van der Waals surface area contributed by atoms with Crippen LogP contribution in [-0.4, -0.2) is 26.5 Å². The van der Waals surface area contributed by atoms with Crippen molar-refractivity contribution >= 4 is 5.69 Å². The minimum Gasteiger partial charge on any atom is -0.508 e. The predicted molar refractivity (Wildman–Crippen MR) is 97.5 cm³/mol. The average Bonchev–Trinajstić information content (AvgIpc) is 3.21. The smallest absolute Gasteiger partial charge is 0.139 e. The zero-order chi connectivity index (χ0) is 17.9. The summed E-state index contributed by atoms with van der Waals surface area (Å²) in [7, 11) is 0. The first-order valence-corrected chi connectivity index (χ1v) is 8.66. The summed E-state index contributed by atoms with van der Waals surface area (Å²) in [4.78, 5) is 0. The van der Waals surface area contributed by atoms with Crippen LogP contribution in [0.4, 0.5) is 5.69 Å². The van der Waals surface area contributed by atoms with E-state index in [1.807, 2.05) is 41.1 Å². The number of benzene rings is 2. The van der Waals surface area contributed by atoms with Crippen LogP contribution in [0.15, 0.2) is 55.1 Å². The lowest BCUT2D eigenvalue weighted by Gasteiger charge is -2.32. The molecule has 1 aromatic heterocycles. The largest absolute Gasteiger partial charge is 0.508 e. The number of aromatic hydroxyl groups is 1. The van der Waals surface area contributed by atoms with E-state index in [-0.39, 0.29) is 0 Å². The van der Waals surface area contributed by atoms with Crippen LogP contribution >= 0.6 is 0 Å². The Morgan fingerprint density at radius 3 is 2.62 bits per heavy atom. The Balaban J connectivity index is 1.58. The van der Waals surface area contributed by atoms with Crippen LogP contribution in [-0.2, 0) is 12.8 Å². The molecule has 2 aromatic carbocycles. The number of phenols is 1. The Morgan fingerprint density at radius 1 is 1.12 bits per heavy atom. The van der Waals surface area contributed by atoms with Crippen LogP contribution in [0.5, 0.6) is 5.75 Å². The number of hydrogen-bond acceptors (Lipinski definition) is 5. The third kappa shape index (κ3) is 3.24. The first kappa shape index (κ1) is 16.2. The van der Waals surface area contributed by atoms with Gasteiger partial charge in [0.2, 0.25) is 0 Å². The van der Waals surface area contributed by atoms with E-state index in [1.165, 1.54) is 11.1 Å². The molecule has 1 N–H and O–H groups in total. The van der Waals surface area contributed by atoms with Gasteiger partial charge in [0.1, 0.15) is 18.4 Å². The van der Waals surface area contributed by atoms with Gasteiger partial charge in [-0.25, -0.2) is 4.68 Å². The second-order valence-corrected chi connectivity index (χ2v) is 6.64. The second-order valence-electron chi connectivity index (χ2n) is 6.64. The summed E-state index contributed by atoms with van der Waals surface area (Å²) in [5, 5.41) is 28.7. The number of fused-ring (bicyclic) bond motifs is 1. The van der Waals surface area contributed by atoms with Crippen molar-refractivity contribution in [2.75, 3.05) is 11.6 Å². The molecule has 1 aliphatic carbocycles. The van der Waals surface area contributed by atoms with Crippen LogP contribution < -0.4 is 5.01 Å². The molecule has 1 aliphatic rings. The van der Waals surface area contributed by atoms with E-state index in [4.69, 9.17) is 5.26 Å². The highest BCUT2D eigenvalue weighted by molar-refractivity contribution is 5.49. The molecule has 130 valence electrons. The predicted octanol–water partition coefficient (Wildman–Crippen LogP) is 2.93. The third-order valence-electron chi connectivity index (χ3n) is 4.93. The normalized spacial score (nSPS) is 15.9. The molecule has 0 spiro atoms. The molecule has 1 atom stereocenters. The number of phenolic OH excluding ortho intramolecular Hbond substituents is 1. The Hall–Kier alpha value is -3.33. The maximum Gasteiger partial charge on any atom is 0.139 e. The standard InChI is InChI=1S/C20H19N5O/c21-11-15-2-6-19(7-3-15)25(24-13-22-23-14-24)12-16-1-4-18-10-20(26)8-5-17(18)9-16/h2-3,5-8,10,13-14,16,26H,1,4,9,12H2. The number of anilines is 1. The topological polar surface area (TPSA) is 78.0 Å². The van der Waals surface area contributed by atoms with E-state index in [0.29, 0.717) is 17.2 Å². The van der Waals surface area contributed by atoms with Crippen molar-refractivity contribution in [3.63, 3.8) is 0 Å². The molecule has 6 nitrogen and oxygen atoms in total. The molecule has 0 amide bonds. The van der Waals surface area contributed by atoms with Crippen molar-refractivity contribution in [3.05, 3.63) is 71.8 Å². The molecule has 1 unspecified atom stereocenters. The molecule has 1 heterocycles. The highest BCUT2D eigenvalue weighted by Gasteiger charge is 2.22. The van der Waals surface area contributed by atoms with Crippen molar-refractivity contribution in [3.8, 4) is 11.8 Å². The lowest BCUT2D eigenvalue weighted by molar-refractivity contribution is 0.433. The quantitative estimate of drug-likeness (QED) is 0.786. The van der Waals surface area contributed by atoms with Crippen LogP contribution in [0, 0.1) is 17.2 Å². The third-order valence-corrected chi connectivity index (χ3v) is 4.93. The van der Waals surface area contributed by atoms with Crippen molar-refractivity contribution in [1.29, 1.82) is 5.26 Å². The van der Waals surface area contributed by atoms with E-state index in [2.05, 4.69) is 21.3 Å². The number of aryl methyl sites for hydroxylation is 1. The van der Waals surface area contributed by atoms with Crippen molar-refractivity contribution in [1.82, 2.24) is 14.9 Å². The monoisotopic (exact) mass is 345 g/mol. The van der Waals surface area contributed by atoms with Gasteiger partial charge in [-0.15, -0.1) is 10.2 Å². The summed E-state index contributed by atoms with van der Waals surface area (Å²) in [6, 6.07) is 15.4. The van der Waals surface area contributed by atoms with Gasteiger partial charge in [0.15, 0.2) is 0 Å². The van der Waals surface area contributed by atoms with Gasteiger partial charge in [-0.2, -0.15) is 5.26 Å². The lowest BCUT2D eigenvalue weighted by atomic mass is 9.83. The molecule has 0 bridgehead atoms. The minimum absolute atomic E-state index is 0.339. The molecule has 0 radical (unpaired) electrons. The van der Waals surface area contributed by atoms with Gasteiger partial charge in [-0.1, -0.05) is 6.07 Å². The average molecular weight is 345 g/mol. The van der Waals surface area contributed by atoms with Crippen LogP contribution in [0.3, 0.4) is 0 Å². The fourth-order valence-electron chi connectivity index (χ4n) is 3.58. The second kappa shape index (κ2) is 6.89. The first-order valence-electron chi connectivity index (χ1n) is 8.66. The van der Waals surface area contributed by atoms with Crippen molar-refractivity contribution in [2.45, 2.75) is 19.3 Å². The van der Waals surface area contributed by atoms with E-state index in [0.717, 1.165) is 31.5 Å². The van der Waals surface area contributed by atoms with Crippen LogP contribution in [0.25, 0.3) is 0 Å². The van der Waals surface area contributed by atoms with Gasteiger partial charge in [0.25, 0.3) is 0 Å². The summed E-state index contributed by atoms with van der Waals surface area (Å²) in [6.45, 7) is 0.824. The van der Waals surface area contributed by atoms with Gasteiger partial charge in [0.05, 0.1) is 17.3 Å². The van der Waals surface area contributed by atoms with Gasteiger partial charge < -0.3 is 5.11 Å². The van der Waals surface area contributed by atoms with E-state index >= 15 is 0 Å². The molecule has 0 saturated heterocycles. The molecule has 0 fully saturated rings. The molecule has 3 aromatic rings. The van der Waals surface area contributed by atoms with Crippen LogP contribution in [0.1, 0.15) is 23.1 Å². The molecular formula is C20H19N5O. The Bertz CT molecular complexity index is 928. The summed E-state index contributed by atoms with van der Waals surface area (Å²) in [5.74, 6) is 0.816. The fraction of sp³-hybridized carbons (Fsp3) is 0.250. The summed E-state index contributed by atoms with van der Waals surface area (Å²) in [6.07, 6.45) is 6.38. The summed E-state index contributed by atoms with van der Waals surface area (Å²) < 4.78 is 1.88. The first-order chi connectivity index (χ1) is 12.7. The fourth-order valence-corrected chi connectivity index (χ4v) is 3.58. The number of aromatic nitrogens is 3. The SMILES string of the molecule is N#Cc1ccc(N(CC2CCc3cc(O)ccc3C2)n2cnnc2)cc1. The van der Waals surface area contributed by atoms with E-state index < -0.39 is 0 Å². The maximum absolute atomic E-state index is 9.67. The highest BCUT2D eigenvalue weighted by atomic mass is 16.3. The van der Waals surface area contributed by atoms with Crippen molar-refractivity contribution < 1.29 is 5.11 Å². The Labute approximate surface area is 151 Å². The summed E-state index contributed by atoms with van der Waals surface area (Å²) in [5.41, 5.74) is 4.20. The molecule has 6 heteroatoms. The molecule has 0 aliphatic heterocycles. The highest BCUT2D eigenvalue weighted by Crippen LogP contribution is 2.30.